The molecule has 4 rings (SSSR count). The van der Waals surface area contributed by atoms with Crippen LogP contribution in [0.25, 0.3) is 0 Å². The van der Waals surface area contributed by atoms with E-state index >= 15 is 0 Å². The number of imide groups is 1. The highest BCUT2D eigenvalue weighted by molar-refractivity contribution is 6.34. The summed E-state index contributed by atoms with van der Waals surface area (Å²) in [4.78, 5) is 38.2. The average Bonchev–Trinajstić information content (AvgIpc) is 2.71. The predicted molar refractivity (Wildman–Crippen MR) is 81.9 cm³/mol. The Balaban J connectivity index is 1.80. The maximum absolute atomic E-state index is 12.5. The minimum absolute atomic E-state index is 0.282. The number of benzene rings is 2. The molecule has 114 valence electrons. The lowest BCUT2D eigenvalue weighted by Crippen LogP contribution is -2.30. The van der Waals surface area contributed by atoms with Crippen LogP contribution in [0.15, 0.2) is 42.5 Å². The van der Waals surface area contributed by atoms with Crippen molar-refractivity contribution in [3.8, 4) is 5.75 Å². The molecule has 0 aromatic heterocycles. The van der Waals surface area contributed by atoms with Crippen molar-refractivity contribution >= 4 is 23.4 Å². The van der Waals surface area contributed by atoms with Crippen molar-refractivity contribution in [1.29, 1.82) is 0 Å². The van der Waals surface area contributed by atoms with Gasteiger partial charge in [-0.2, -0.15) is 0 Å². The number of hydrogen-bond acceptors (Lipinski definition) is 4. The summed E-state index contributed by atoms with van der Waals surface area (Å²) in [7, 11) is 0. The normalized spacial score (nSPS) is 16.3. The molecule has 2 aliphatic rings. The Bertz CT molecular complexity index is 824. The largest absolute Gasteiger partial charge is 0.491 e. The van der Waals surface area contributed by atoms with E-state index in [1.807, 2.05) is 0 Å². The van der Waals surface area contributed by atoms with Crippen molar-refractivity contribution in [2.75, 3.05) is 18.1 Å². The average molecular weight is 308 g/mol. The van der Waals surface area contributed by atoms with Gasteiger partial charge in [0.25, 0.3) is 17.7 Å². The zero-order valence-corrected chi connectivity index (χ0v) is 12.0. The molecule has 2 aromatic carbocycles. The molecule has 0 fully saturated rings. The first-order valence-electron chi connectivity index (χ1n) is 7.19. The van der Waals surface area contributed by atoms with Gasteiger partial charge in [0.2, 0.25) is 0 Å². The molecule has 0 aliphatic carbocycles. The second-order valence-corrected chi connectivity index (χ2v) is 5.28. The highest BCUT2D eigenvalue weighted by Gasteiger charge is 2.36. The third-order valence-corrected chi connectivity index (χ3v) is 3.91. The number of ether oxygens (including phenoxy) is 1. The fourth-order valence-electron chi connectivity index (χ4n) is 2.80. The Labute approximate surface area is 131 Å². The van der Waals surface area contributed by atoms with Crippen molar-refractivity contribution in [1.82, 2.24) is 5.32 Å². The Morgan fingerprint density at radius 2 is 1.61 bits per heavy atom. The van der Waals surface area contributed by atoms with Crippen LogP contribution >= 0.6 is 0 Å². The van der Waals surface area contributed by atoms with Crippen LogP contribution in [0.2, 0.25) is 0 Å². The first-order chi connectivity index (χ1) is 11.2. The summed E-state index contributed by atoms with van der Waals surface area (Å²) in [5.41, 5.74) is 1.41. The summed E-state index contributed by atoms with van der Waals surface area (Å²) in [6.45, 7) is 0.793. The number of hydrogen-bond donors (Lipinski definition) is 1. The van der Waals surface area contributed by atoms with Crippen LogP contribution < -0.4 is 15.0 Å². The van der Waals surface area contributed by atoms with E-state index in [0.717, 1.165) is 4.90 Å². The van der Waals surface area contributed by atoms with Crippen LogP contribution in [0.3, 0.4) is 0 Å². The molecule has 0 spiro atoms. The summed E-state index contributed by atoms with van der Waals surface area (Å²) in [5, 5.41) is 2.71. The molecule has 0 bridgehead atoms. The molecular formula is C17H12N2O4. The standard InChI is InChI=1S/C17H12N2O4/c20-15-13-9-10(5-6-14(13)23-8-7-18-15)19-16(21)11-3-1-2-4-12(11)17(19)22/h1-6,9H,7-8H2,(H,18,20). The second-order valence-electron chi connectivity index (χ2n) is 5.28. The van der Waals surface area contributed by atoms with E-state index in [1.54, 1.807) is 36.4 Å². The van der Waals surface area contributed by atoms with E-state index in [0.29, 0.717) is 41.3 Å². The second kappa shape index (κ2) is 4.95. The third-order valence-electron chi connectivity index (χ3n) is 3.91. The molecule has 0 unspecified atom stereocenters. The van der Waals surface area contributed by atoms with Gasteiger partial charge in [0.15, 0.2) is 0 Å². The number of anilines is 1. The Hall–Kier alpha value is -3.15. The van der Waals surface area contributed by atoms with Crippen LogP contribution in [0.4, 0.5) is 5.69 Å². The Kier molecular flexibility index (Phi) is 2.90. The molecule has 23 heavy (non-hydrogen) atoms. The maximum atomic E-state index is 12.5. The molecule has 2 aromatic rings. The molecule has 1 N–H and O–H groups in total. The smallest absolute Gasteiger partial charge is 0.266 e. The van der Waals surface area contributed by atoms with Crippen molar-refractivity contribution in [2.24, 2.45) is 0 Å². The SMILES string of the molecule is O=C1NCCOc2ccc(N3C(=O)c4ccccc4C3=O)cc21. The number of fused-ring (bicyclic) bond motifs is 2. The molecule has 2 heterocycles. The van der Waals surface area contributed by atoms with E-state index < -0.39 is 0 Å². The number of nitrogens with one attached hydrogen (secondary N) is 1. The quantitative estimate of drug-likeness (QED) is 0.812. The lowest BCUT2D eigenvalue weighted by atomic mass is 10.1. The van der Waals surface area contributed by atoms with Gasteiger partial charge in [-0.3, -0.25) is 14.4 Å². The van der Waals surface area contributed by atoms with Crippen molar-refractivity contribution in [3.05, 3.63) is 59.2 Å². The van der Waals surface area contributed by atoms with Gasteiger partial charge in [-0.25, -0.2) is 4.90 Å². The van der Waals surface area contributed by atoms with E-state index in [9.17, 15) is 14.4 Å². The summed E-state index contributed by atoms with van der Waals surface area (Å²) < 4.78 is 5.48. The van der Waals surface area contributed by atoms with Crippen LogP contribution in [0.5, 0.6) is 5.75 Å². The van der Waals surface area contributed by atoms with Gasteiger partial charge in [0, 0.05) is 0 Å². The molecule has 2 aliphatic heterocycles. The lowest BCUT2D eigenvalue weighted by molar-refractivity contribution is 0.0920. The number of carbonyl (C=O) groups excluding carboxylic acids is 3. The number of carbonyl (C=O) groups is 3. The number of amides is 3. The molecule has 0 saturated carbocycles. The molecular weight excluding hydrogens is 296 g/mol. The molecule has 0 atom stereocenters. The van der Waals surface area contributed by atoms with Crippen LogP contribution in [-0.4, -0.2) is 30.9 Å². The van der Waals surface area contributed by atoms with Gasteiger partial charge in [-0.05, 0) is 30.3 Å². The van der Waals surface area contributed by atoms with Crippen LogP contribution in [0.1, 0.15) is 31.1 Å². The van der Waals surface area contributed by atoms with Crippen LogP contribution in [-0.2, 0) is 0 Å². The van der Waals surface area contributed by atoms with Crippen molar-refractivity contribution < 1.29 is 19.1 Å². The molecule has 6 heteroatoms. The van der Waals surface area contributed by atoms with E-state index in [1.165, 1.54) is 6.07 Å². The maximum Gasteiger partial charge on any atom is 0.266 e. The Morgan fingerprint density at radius 3 is 2.30 bits per heavy atom. The zero-order chi connectivity index (χ0) is 16.0. The lowest BCUT2D eigenvalue weighted by Gasteiger charge is -2.15. The van der Waals surface area contributed by atoms with Gasteiger partial charge in [-0.15, -0.1) is 0 Å². The molecule has 0 radical (unpaired) electrons. The van der Waals surface area contributed by atoms with Crippen molar-refractivity contribution in [2.45, 2.75) is 0 Å². The minimum Gasteiger partial charge on any atom is -0.491 e. The topological polar surface area (TPSA) is 75.7 Å². The third kappa shape index (κ3) is 1.99. The number of rotatable bonds is 1. The molecule has 6 nitrogen and oxygen atoms in total. The van der Waals surface area contributed by atoms with E-state index in [-0.39, 0.29) is 17.7 Å². The first-order valence-corrected chi connectivity index (χ1v) is 7.19. The van der Waals surface area contributed by atoms with Gasteiger partial charge >= 0.3 is 0 Å². The summed E-state index contributed by atoms with van der Waals surface area (Å²) in [6, 6.07) is 11.4. The summed E-state index contributed by atoms with van der Waals surface area (Å²) in [6.07, 6.45) is 0. The highest BCUT2D eigenvalue weighted by Crippen LogP contribution is 2.32. The summed E-state index contributed by atoms with van der Waals surface area (Å²) >= 11 is 0. The predicted octanol–water partition coefficient (Wildman–Crippen LogP) is 1.61. The Morgan fingerprint density at radius 1 is 0.913 bits per heavy atom. The molecule has 3 amide bonds. The van der Waals surface area contributed by atoms with Gasteiger partial charge in [0.05, 0.1) is 28.9 Å². The fraction of sp³-hybridized carbons (Fsp3) is 0.118. The zero-order valence-electron chi connectivity index (χ0n) is 12.0. The monoisotopic (exact) mass is 308 g/mol. The number of nitrogens with zero attached hydrogens (tertiary/aromatic N) is 1. The van der Waals surface area contributed by atoms with E-state index in [2.05, 4.69) is 5.32 Å². The highest BCUT2D eigenvalue weighted by atomic mass is 16.5. The van der Waals surface area contributed by atoms with Crippen LogP contribution in [0, 0.1) is 0 Å². The van der Waals surface area contributed by atoms with Gasteiger partial charge in [-0.1, -0.05) is 12.1 Å². The first kappa shape index (κ1) is 13.5. The summed E-state index contributed by atoms with van der Waals surface area (Å²) in [5.74, 6) is -0.614. The van der Waals surface area contributed by atoms with E-state index in [4.69, 9.17) is 4.74 Å². The van der Waals surface area contributed by atoms with Crippen molar-refractivity contribution in [3.63, 3.8) is 0 Å². The minimum atomic E-state index is -0.388. The molecule has 0 saturated heterocycles. The van der Waals surface area contributed by atoms with Gasteiger partial charge in [0.1, 0.15) is 12.4 Å². The fourth-order valence-corrected chi connectivity index (χ4v) is 2.80. The van der Waals surface area contributed by atoms with Gasteiger partial charge < -0.3 is 10.1 Å².